The summed E-state index contributed by atoms with van der Waals surface area (Å²) in [5, 5.41) is 12.0. The van der Waals surface area contributed by atoms with Crippen molar-refractivity contribution in [3.8, 4) is 6.07 Å². The number of aromatic nitrogens is 1. The van der Waals surface area contributed by atoms with E-state index in [1.54, 1.807) is 6.20 Å². The lowest BCUT2D eigenvalue weighted by Crippen LogP contribution is -1.99. The molecule has 0 atom stereocenters. The number of rotatable bonds is 3. The SMILES string of the molecule is Cc1cc(NCc2ccc(C#N)cc2)ccn1. The Hall–Kier alpha value is -2.34. The minimum Gasteiger partial charge on any atom is -0.381 e. The number of anilines is 1. The van der Waals surface area contributed by atoms with Crippen molar-refractivity contribution in [1.29, 1.82) is 5.26 Å². The minimum atomic E-state index is 0.688. The molecule has 0 aliphatic carbocycles. The van der Waals surface area contributed by atoms with Gasteiger partial charge in [0.25, 0.3) is 0 Å². The van der Waals surface area contributed by atoms with Gasteiger partial charge in [-0.3, -0.25) is 4.98 Å². The van der Waals surface area contributed by atoms with E-state index in [-0.39, 0.29) is 0 Å². The minimum absolute atomic E-state index is 0.688. The zero-order valence-electron chi connectivity index (χ0n) is 9.64. The van der Waals surface area contributed by atoms with Crippen LogP contribution in [0.4, 0.5) is 5.69 Å². The molecule has 0 amide bonds. The Morgan fingerprint density at radius 2 is 2.00 bits per heavy atom. The third-order valence-corrected chi connectivity index (χ3v) is 2.48. The number of hydrogen-bond acceptors (Lipinski definition) is 3. The van der Waals surface area contributed by atoms with E-state index in [1.807, 2.05) is 43.3 Å². The van der Waals surface area contributed by atoms with Gasteiger partial charge in [0.15, 0.2) is 0 Å². The second-order valence-corrected chi connectivity index (χ2v) is 3.85. The Morgan fingerprint density at radius 1 is 1.24 bits per heavy atom. The van der Waals surface area contributed by atoms with Crippen LogP contribution in [-0.4, -0.2) is 4.98 Å². The summed E-state index contributed by atoms with van der Waals surface area (Å²) in [6.45, 7) is 2.71. The predicted molar refractivity (Wildman–Crippen MR) is 67.5 cm³/mol. The van der Waals surface area contributed by atoms with Crippen LogP contribution in [0.25, 0.3) is 0 Å². The van der Waals surface area contributed by atoms with Crippen LogP contribution in [0.15, 0.2) is 42.6 Å². The van der Waals surface area contributed by atoms with Crippen LogP contribution < -0.4 is 5.32 Å². The maximum absolute atomic E-state index is 8.69. The van der Waals surface area contributed by atoms with E-state index in [9.17, 15) is 0 Å². The number of benzene rings is 1. The van der Waals surface area contributed by atoms with E-state index in [1.165, 1.54) is 0 Å². The highest BCUT2D eigenvalue weighted by Gasteiger charge is 1.95. The quantitative estimate of drug-likeness (QED) is 0.870. The molecule has 0 saturated carbocycles. The van der Waals surface area contributed by atoms with E-state index >= 15 is 0 Å². The van der Waals surface area contributed by atoms with Gasteiger partial charge in [0.05, 0.1) is 11.6 Å². The van der Waals surface area contributed by atoms with Gasteiger partial charge < -0.3 is 5.32 Å². The van der Waals surface area contributed by atoms with Crippen LogP contribution in [0.5, 0.6) is 0 Å². The number of aryl methyl sites for hydroxylation is 1. The Kier molecular flexibility index (Phi) is 3.37. The molecule has 3 heteroatoms. The van der Waals surface area contributed by atoms with E-state index in [0.717, 1.165) is 23.5 Å². The third-order valence-electron chi connectivity index (χ3n) is 2.48. The average molecular weight is 223 g/mol. The first-order valence-corrected chi connectivity index (χ1v) is 5.43. The first kappa shape index (κ1) is 11.2. The van der Waals surface area contributed by atoms with Crippen molar-refractivity contribution in [1.82, 2.24) is 4.98 Å². The fraction of sp³-hybridized carbons (Fsp3) is 0.143. The summed E-state index contributed by atoms with van der Waals surface area (Å²) in [5.74, 6) is 0. The first-order chi connectivity index (χ1) is 8.28. The summed E-state index contributed by atoms with van der Waals surface area (Å²) in [5.41, 5.74) is 3.89. The third kappa shape index (κ3) is 3.05. The zero-order chi connectivity index (χ0) is 12.1. The molecule has 0 unspecified atom stereocenters. The van der Waals surface area contributed by atoms with Crippen LogP contribution in [0.3, 0.4) is 0 Å². The molecule has 0 aliphatic heterocycles. The largest absolute Gasteiger partial charge is 0.381 e. The molecule has 1 N–H and O–H groups in total. The second kappa shape index (κ2) is 5.13. The van der Waals surface area contributed by atoms with E-state index in [2.05, 4.69) is 16.4 Å². The predicted octanol–water partition coefficient (Wildman–Crippen LogP) is 2.87. The maximum Gasteiger partial charge on any atom is 0.0991 e. The first-order valence-electron chi connectivity index (χ1n) is 5.43. The van der Waals surface area contributed by atoms with Crippen LogP contribution in [0.2, 0.25) is 0 Å². The lowest BCUT2D eigenvalue weighted by atomic mass is 10.1. The smallest absolute Gasteiger partial charge is 0.0991 e. The molecule has 0 fully saturated rings. The standard InChI is InChI=1S/C14H13N3/c1-11-8-14(6-7-16-11)17-10-13-4-2-12(9-15)3-5-13/h2-8H,10H2,1H3,(H,16,17). The van der Waals surface area contributed by atoms with Gasteiger partial charge >= 0.3 is 0 Å². The highest BCUT2D eigenvalue weighted by atomic mass is 14.9. The van der Waals surface area contributed by atoms with Gasteiger partial charge in [0.2, 0.25) is 0 Å². The highest BCUT2D eigenvalue weighted by molar-refractivity contribution is 5.44. The van der Waals surface area contributed by atoms with Gasteiger partial charge in [0.1, 0.15) is 0 Å². The zero-order valence-corrected chi connectivity index (χ0v) is 9.64. The Bertz CT molecular complexity index is 538. The molecule has 84 valence electrons. The van der Waals surface area contributed by atoms with Crippen molar-refractivity contribution in [2.24, 2.45) is 0 Å². The van der Waals surface area contributed by atoms with Crippen LogP contribution in [0, 0.1) is 18.3 Å². The van der Waals surface area contributed by atoms with E-state index < -0.39 is 0 Å². The summed E-state index contributed by atoms with van der Waals surface area (Å²) in [6, 6.07) is 13.6. The molecule has 0 saturated heterocycles. The number of nitrogens with one attached hydrogen (secondary N) is 1. The molecule has 17 heavy (non-hydrogen) atoms. The Morgan fingerprint density at radius 3 is 2.65 bits per heavy atom. The topological polar surface area (TPSA) is 48.7 Å². The lowest BCUT2D eigenvalue weighted by molar-refractivity contribution is 1.13. The molecule has 0 aliphatic rings. The van der Waals surface area contributed by atoms with Crippen LogP contribution in [-0.2, 0) is 6.54 Å². The van der Waals surface area contributed by atoms with Crippen molar-refractivity contribution >= 4 is 5.69 Å². The van der Waals surface area contributed by atoms with Crippen molar-refractivity contribution in [2.45, 2.75) is 13.5 Å². The van der Waals surface area contributed by atoms with Crippen LogP contribution >= 0.6 is 0 Å². The molecule has 0 spiro atoms. The van der Waals surface area contributed by atoms with Crippen LogP contribution in [0.1, 0.15) is 16.8 Å². The van der Waals surface area contributed by atoms with Gasteiger partial charge in [-0.2, -0.15) is 5.26 Å². The highest BCUT2D eigenvalue weighted by Crippen LogP contribution is 2.10. The normalized spacial score (nSPS) is 9.65. The number of hydrogen-bond donors (Lipinski definition) is 1. The van der Waals surface area contributed by atoms with Crippen molar-refractivity contribution < 1.29 is 0 Å². The fourth-order valence-corrected chi connectivity index (χ4v) is 1.56. The molecule has 1 aromatic heterocycles. The van der Waals surface area contributed by atoms with Gasteiger partial charge in [0, 0.05) is 24.1 Å². The van der Waals surface area contributed by atoms with E-state index in [4.69, 9.17) is 5.26 Å². The second-order valence-electron chi connectivity index (χ2n) is 3.85. The lowest BCUT2D eigenvalue weighted by Gasteiger charge is -2.06. The van der Waals surface area contributed by atoms with Crippen molar-refractivity contribution in [3.63, 3.8) is 0 Å². The van der Waals surface area contributed by atoms with Crippen molar-refractivity contribution in [2.75, 3.05) is 5.32 Å². The van der Waals surface area contributed by atoms with Gasteiger partial charge in [-0.25, -0.2) is 0 Å². The molecule has 0 radical (unpaired) electrons. The summed E-state index contributed by atoms with van der Waals surface area (Å²) in [7, 11) is 0. The fourth-order valence-electron chi connectivity index (χ4n) is 1.56. The summed E-state index contributed by atoms with van der Waals surface area (Å²) >= 11 is 0. The molecular formula is C14H13N3. The molecule has 2 rings (SSSR count). The molecule has 2 aromatic rings. The summed E-state index contributed by atoms with van der Waals surface area (Å²) in [4.78, 5) is 4.14. The summed E-state index contributed by atoms with van der Waals surface area (Å²) < 4.78 is 0. The molecule has 1 aromatic carbocycles. The molecule has 0 bridgehead atoms. The molecule has 3 nitrogen and oxygen atoms in total. The molecular weight excluding hydrogens is 210 g/mol. The molecule has 1 heterocycles. The Labute approximate surface area is 101 Å². The monoisotopic (exact) mass is 223 g/mol. The maximum atomic E-state index is 8.69. The summed E-state index contributed by atoms with van der Waals surface area (Å²) in [6.07, 6.45) is 1.79. The Balaban J connectivity index is 2.00. The number of pyridine rings is 1. The van der Waals surface area contributed by atoms with E-state index in [0.29, 0.717) is 5.56 Å². The number of nitrogens with zero attached hydrogens (tertiary/aromatic N) is 2. The van der Waals surface area contributed by atoms with Gasteiger partial charge in [-0.05, 0) is 36.8 Å². The van der Waals surface area contributed by atoms with Crippen molar-refractivity contribution in [3.05, 3.63) is 59.4 Å². The number of nitriles is 1. The average Bonchev–Trinajstić information content (AvgIpc) is 2.37. The van der Waals surface area contributed by atoms with Gasteiger partial charge in [-0.1, -0.05) is 12.1 Å². The van der Waals surface area contributed by atoms with Gasteiger partial charge in [-0.15, -0.1) is 0 Å².